The van der Waals surface area contributed by atoms with Crippen LogP contribution in [-0.2, 0) is 0 Å². The van der Waals surface area contributed by atoms with Gasteiger partial charge in [-0.3, -0.25) is 4.79 Å². The topological polar surface area (TPSA) is 42.2 Å². The van der Waals surface area contributed by atoms with Gasteiger partial charge in [-0.2, -0.15) is 4.73 Å². The number of aromatic nitrogens is 1. The number of nitrogens with zero attached hydrogens (tertiary/aromatic N) is 1. The lowest BCUT2D eigenvalue weighted by atomic mass is 9.86. The molecule has 3 heteroatoms. The monoisotopic (exact) mass is 210 g/mol. The second-order valence-electron chi connectivity index (χ2n) is 4.07. The highest BCUT2D eigenvalue weighted by Crippen LogP contribution is 2.31. The highest BCUT2D eigenvalue weighted by molar-refractivity contribution is 5.19. The Hall–Kier alpha value is -1.25. The minimum absolute atomic E-state index is 0.00477. The Morgan fingerprint density at radius 3 is 2.87 bits per heavy atom. The van der Waals surface area contributed by atoms with E-state index in [1.54, 1.807) is 0 Å². The van der Waals surface area contributed by atoms with E-state index in [1.165, 1.54) is 0 Å². The summed E-state index contributed by atoms with van der Waals surface area (Å²) in [5, 5.41) is 9.83. The van der Waals surface area contributed by atoms with Crippen LogP contribution in [0.2, 0.25) is 0 Å². The molecule has 1 aromatic heterocycles. The van der Waals surface area contributed by atoms with Crippen molar-refractivity contribution in [1.82, 2.24) is 4.73 Å². The summed E-state index contributed by atoms with van der Waals surface area (Å²) >= 11 is 0. The number of hydrogen-bond donors (Lipinski definition) is 1. The van der Waals surface area contributed by atoms with Crippen LogP contribution >= 0.6 is 0 Å². The third kappa shape index (κ3) is 2.06. The molecule has 1 heterocycles. The van der Waals surface area contributed by atoms with Crippen LogP contribution in [0.1, 0.15) is 53.4 Å². The summed E-state index contributed by atoms with van der Waals surface area (Å²) in [6.07, 6.45) is 4.89. The van der Waals surface area contributed by atoms with Gasteiger partial charge in [0.15, 0.2) is 0 Å². The van der Waals surface area contributed by atoms with Gasteiger partial charge >= 0.3 is 0 Å². The summed E-state index contributed by atoms with van der Waals surface area (Å²) < 4.78 is 23.3. The molecule has 2 rings (SSSR count). The van der Waals surface area contributed by atoms with Crippen LogP contribution in [0.4, 0.5) is 0 Å². The number of hydrogen-bond acceptors (Lipinski definition) is 2. The van der Waals surface area contributed by atoms with Gasteiger partial charge in [0.25, 0.3) is 5.56 Å². The first-order valence-electron chi connectivity index (χ1n) is 7.02. The van der Waals surface area contributed by atoms with E-state index < -0.39 is 11.6 Å². The fourth-order valence-electron chi connectivity index (χ4n) is 2.18. The molecule has 1 aliphatic rings. The summed E-state index contributed by atoms with van der Waals surface area (Å²) in [5.41, 5.74) is -0.405. The molecular weight excluding hydrogens is 190 g/mol. The summed E-state index contributed by atoms with van der Waals surface area (Å²) in [5.74, 6) is -0.00477. The third-order valence-electron chi connectivity index (χ3n) is 2.95. The van der Waals surface area contributed by atoms with Crippen molar-refractivity contribution in [2.24, 2.45) is 0 Å². The molecule has 1 aromatic rings. The normalized spacial score (nSPS) is 20.7. The van der Waals surface area contributed by atoms with Crippen molar-refractivity contribution in [1.29, 1.82) is 0 Å². The van der Waals surface area contributed by atoms with Crippen LogP contribution in [-0.4, -0.2) is 9.94 Å². The van der Waals surface area contributed by atoms with E-state index >= 15 is 0 Å². The van der Waals surface area contributed by atoms with Gasteiger partial charge in [0.2, 0.25) is 0 Å². The Balaban J connectivity index is 2.58. The van der Waals surface area contributed by atoms with Crippen LogP contribution in [0.15, 0.2) is 16.9 Å². The van der Waals surface area contributed by atoms with Gasteiger partial charge in [0, 0.05) is 13.3 Å². The van der Waals surface area contributed by atoms with E-state index in [0.29, 0.717) is 4.73 Å². The van der Waals surface area contributed by atoms with Crippen molar-refractivity contribution < 1.29 is 9.32 Å². The Labute approximate surface area is 93.5 Å². The minimum atomic E-state index is -0.811. The second-order valence-corrected chi connectivity index (χ2v) is 4.07. The lowest BCUT2D eigenvalue weighted by Crippen LogP contribution is -2.23. The zero-order valence-electron chi connectivity index (χ0n) is 11.6. The predicted octanol–water partition coefficient (Wildman–Crippen LogP) is 2.44. The van der Waals surface area contributed by atoms with Gasteiger partial charge in [-0.25, -0.2) is 0 Å². The van der Waals surface area contributed by atoms with Crippen molar-refractivity contribution in [2.45, 2.75) is 44.9 Å². The van der Waals surface area contributed by atoms with Crippen molar-refractivity contribution in [2.75, 3.05) is 0 Å². The highest BCUT2D eigenvalue weighted by Gasteiger charge is 2.19. The largest absolute Gasteiger partial charge is 0.425 e. The molecule has 82 valence electrons. The predicted molar refractivity (Wildman–Crippen MR) is 58.4 cm³/mol. The number of pyridine rings is 1. The Morgan fingerprint density at radius 1 is 1.47 bits per heavy atom. The van der Waals surface area contributed by atoms with Crippen LogP contribution < -0.4 is 5.56 Å². The molecule has 0 bridgehead atoms. The average Bonchev–Trinajstić information content (AvgIpc) is 2.38. The molecule has 0 radical (unpaired) electrons. The lowest BCUT2D eigenvalue weighted by molar-refractivity contribution is 0.156. The van der Waals surface area contributed by atoms with Gasteiger partial charge < -0.3 is 5.21 Å². The second kappa shape index (κ2) is 4.09. The first kappa shape index (κ1) is 7.09. The van der Waals surface area contributed by atoms with Gasteiger partial charge in [0.05, 0.1) is 8.44 Å². The Kier molecular flexibility index (Phi) is 1.93. The van der Waals surface area contributed by atoms with Crippen LogP contribution in [0.25, 0.3) is 0 Å². The van der Waals surface area contributed by atoms with E-state index in [-0.39, 0.29) is 30.1 Å². The van der Waals surface area contributed by atoms with Crippen LogP contribution in [0, 0.1) is 6.90 Å². The first-order valence-corrected chi connectivity index (χ1v) is 5.31. The molecule has 0 saturated heterocycles. The van der Waals surface area contributed by atoms with Crippen LogP contribution in [0.5, 0.6) is 0 Å². The molecular formula is C12H17NO2. The Morgan fingerprint density at radius 2 is 2.20 bits per heavy atom. The molecule has 0 aliphatic heterocycles. The van der Waals surface area contributed by atoms with E-state index in [2.05, 4.69) is 0 Å². The zero-order chi connectivity index (χ0) is 13.3. The molecule has 1 saturated carbocycles. The fourth-order valence-corrected chi connectivity index (χ4v) is 2.18. The molecule has 0 atom stereocenters. The van der Waals surface area contributed by atoms with Crippen molar-refractivity contribution >= 4 is 0 Å². The summed E-state index contributed by atoms with van der Waals surface area (Å²) in [7, 11) is 0. The van der Waals surface area contributed by atoms with E-state index in [9.17, 15) is 10.0 Å². The first-order chi connectivity index (χ1) is 8.57. The molecule has 0 amide bonds. The molecule has 15 heavy (non-hydrogen) atoms. The maximum atomic E-state index is 11.7. The molecule has 0 unspecified atom stereocenters. The van der Waals surface area contributed by atoms with Gasteiger partial charge in [-0.15, -0.1) is 0 Å². The van der Waals surface area contributed by atoms with E-state index in [0.717, 1.165) is 32.1 Å². The summed E-state index contributed by atoms with van der Waals surface area (Å²) in [6.45, 7) is -0.270. The van der Waals surface area contributed by atoms with Gasteiger partial charge in [-0.05, 0) is 31.3 Å². The molecule has 1 aliphatic carbocycles. The SMILES string of the molecule is [2H]Cc1c([2H])c(C2CCCCC2)n(O)c(=O)c1[2H]. The smallest absolute Gasteiger partial charge is 0.283 e. The van der Waals surface area contributed by atoms with Gasteiger partial charge in [-0.1, -0.05) is 19.3 Å². The molecule has 1 fully saturated rings. The highest BCUT2D eigenvalue weighted by atomic mass is 16.5. The summed E-state index contributed by atoms with van der Waals surface area (Å²) in [6, 6.07) is -0.443. The molecule has 0 spiro atoms. The van der Waals surface area contributed by atoms with Crippen molar-refractivity contribution in [3.8, 4) is 0 Å². The summed E-state index contributed by atoms with van der Waals surface area (Å²) in [4.78, 5) is 11.7. The van der Waals surface area contributed by atoms with Gasteiger partial charge in [0.1, 0.15) is 0 Å². The zero-order valence-corrected chi connectivity index (χ0v) is 8.62. The molecule has 0 aromatic carbocycles. The van der Waals surface area contributed by atoms with Crippen molar-refractivity contribution in [3.05, 3.63) is 33.7 Å². The standard InChI is InChI=1S/C12H17NO2/c1-9-7-11(13(15)12(14)8-9)10-5-3-2-4-6-10/h7-8,10,15H,2-6H2,1H3/i1D,7D,8D. The minimum Gasteiger partial charge on any atom is -0.425 e. The maximum Gasteiger partial charge on any atom is 0.283 e. The fraction of sp³-hybridized carbons (Fsp3) is 0.583. The average molecular weight is 210 g/mol. The van der Waals surface area contributed by atoms with E-state index in [1.807, 2.05) is 0 Å². The van der Waals surface area contributed by atoms with Crippen LogP contribution in [0.3, 0.4) is 0 Å². The molecule has 1 N–H and O–H groups in total. The third-order valence-corrected chi connectivity index (χ3v) is 2.95. The van der Waals surface area contributed by atoms with Crippen molar-refractivity contribution in [3.63, 3.8) is 0 Å². The Bertz CT molecular complexity index is 507. The van der Waals surface area contributed by atoms with E-state index in [4.69, 9.17) is 4.11 Å². The molecule has 3 nitrogen and oxygen atoms in total. The number of rotatable bonds is 1. The quantitative estimate of drug-likeness (QED) is 0.723. The maximum absolute atomic E-state index is 11.7. The lowest BCUT2D eigenvalue weighted by Gasteiger charge is -2.22.